The predicted octanol–water partition coefficient (Wildman–Crippen LogP) is 3.55. The van der Waals surface area contributed by atoms with Crippen LogP contribution in [0.15, 0.2) is 24.3 Å². The second-order valence-corrected chi connectivity index (χ2v) is 7.92. The summed E-state index contributed by atoms with van der Waals surface area (Å²) in [6.07, 6.45) is 1.55. The molecule has 0 bridgehead atoms. The van der Waals surface area contributed by atoms with Crippen LogP contribution in [0.2, 0.25) is 0 Å². The zero-order valence-electron chi connectivity index (χ0n) is 18.9. The standard InChI is InChI=1S/C24H29FN2O5/c1-5-27-16(3)21(15(2)22(27)24(30)31-4)20(28)14-26(13-19-7-6-12-32-19)23(29)17-8-10-18(25)11-9-17/h8-11,19H,5-7,12-14H2,1-4H3. The molecule has 0 radical (unpaired) electrons. The molecule has 0 spiro atoms. The molecule has 1 saturated heterocycles. The molecule has 172 valence electrons. The summed E-state index contributed by atoms with van der Waals surface area (Å²) in [5, 5.41) is 0. The van der Waals surface area contributed by atoms with Crippen molar-refractivity contribution in [3.05, 3.63) is 58.2 Å². The number of esters is 1. The van der Waals surface area contributed by atoms with Crippen LogP contribution in [0.25, 0.3) is 0 Å². The molecule has 32 heavy (non-hydrogen) atoms. The maximum Gasteiger partial charge on any atom is 0.354 e. The van der Waals surface area contributed by atoms with Crippen LogP contribution in [0.3, 0.4) is 0 Å². The van der Waals surface area contributed by atoms with Crippen molar-refractivity contribution in [1.82, 2.24) is 9.47 Å². The lowest BCUT2D eigenvalue weighted by atomic mass is 10.0. The van der Waals surface area contributed by atoms with E-state index in [4.69, 9.17) is 9.47 Å². The number of ketones is 1. The van der Waals surface area contributed by atoms with E-state index in [0.717, 1.165) is 12.8 Å². The molecule has 1 aliphatic rings. The van der Waals surface area contributed by atoms with Crippen molar-refractivity contribution in [2.45, 2.75) is 46.3 Å². The Balaban J connectivity index is 1.92. The summed E-state index contributed by atoms with van der Waals surface area (Å²) in [4.78, 5) is 40.3. The molecular weight excluding hydrogens is 415 g/mol. The van der Waals surface area contributed by atoms with Crippen LogP contribution < -0.4 is 0 Å². The van der Waals surface area contributed by atoms with Gasteiger partial charge in [0.25, 0.3) is 5.91 Å². The number of carbonyl (C=O) groups is 3. The molecule has 2 heterocycles. The highest BCUT2D eigenvalue weighted by molar-refractivity contribution is 6.06. The topological polar surface area (TPSA) is 77.8 Å². The third-order valence-corrected chi connectivity index (χ3v) is 5.90. The van der Waals surface area contributed by atoms with E-state index in [2.05, 4.69) is 0 Å². The highest BCUT2D eigenvalue weighted by atomic mass is 19.1. The van der Waals surface area contributed by atoms with Gasteiger partial charge in [0, 0.05) is 36.5 Å². The van der Waals surface area contributed by atoms with Crippen molar-refractivity contribution in [3.8, 4) is 0 Å². The third-order valence-electron chi connectivity index (χ3n) is 5.90. The van der Waals surface area contributed by atoms with Gasteiger partial charge in [0.1, 0.15) is 11.5 Å². The first-order chi connectivity index (χ1) is 15.3. The van der Waals surface area contributed by atoms with Gasteiger partial charge in [-0.25, -0.2) is 9.18 Å². The zero-order chi connectivity index (χ0) is 23.4. The number of amides is 1. The smallest absolute Gasteiger partial charge is 0.354 e. The van der Waals surface area contributed by atoms with Gasteiger partial charge in [-0.3, -0.25) is 9.59 Å². The van der Waals surface area contributed by atoms with Crippen molar-refractivity contribution in [1.29, 1.82) is 0 Å². The second kappa shape index (κ2) is 10.1. The lowest BCUT2D eigenvalue weighted by Crippen LogP contribution is -2.41. The predicted molar refractivity (Wildman–Crippen MR) is 117 cm³/mol. The van der Waals surface area contributed by atoms with Gasteiger partial charge in [-0.1, -0.05) is 0 Å². The van der Waals surface area contributed by atoms with Crippen LogP contribution in [0.5, 0.6) is 0 Å². The summed E-state index contributed by atoms with van der Waals surface area (Å²) < 4.78 is 25.7. The average molecular weight is 445 g/mol. The fourth-order valence-electron chi connectivity index (χ4n) is 4.34. The lowest BCUT2D eigenvalue weighted by Gasteiger charge is -2.25. The van der Waals surface area contributed by atoms with Crippen molar-refractivity contribution in [2.24, 2.45) is 0 Å². The highest BCUT2D eigenvalue weighted by Crippen LogP contribution is 2.25. The molecule has 0 saturated carbocycles. The maximum absolute atomic E-state index is 13.4. The number of benzene rings is 1. The van der Waals surface area contributed by atoms with E-state index in [9.17, 15) is 18.8 Å². The van der Waals surface area contributed by atoms with Gasteiger partial charge in [0.15, 0.2) is 5.78 Å². The summed E-state index contributed by atoms with van der Waals surface area (Å²) in [5.74, 6) is -1.59. The minimum atomic E-state index is -0.509. The average Bonchev–Trinajstić information content (AvgIpc) is 3.37. The first kappa shape index (κ1) is 23.7. The minimum Gasteiger partial charge on any atom is -0.464 e. The molecule has 1 fully saturated rings. The minimum absolute atomic E-state index is 0.153. The van der Waals surface area contributed by atoms with Gasteiger partial charge in [-0.15, -0.1) is 0 Å². The van der Waals surface area contributed by atoms with Crippen molar-refractivity contribution in [3.63, 3.8) is 0 Å². The zero-order valence-corrected chi connectivity index (χ0v) is 18.9. The number of carbonyl (C=O) groups excluding carboxylic acids is 3. The molecule has 2 aromatic rings. The van der Waals surface area contributed by atoms with E-state index >= 15 is 0 Å². The Morgan fingerprint density at radius 3 is 2.47 bits per heavy atom. The number of hydrogen-bond donors (Lipinski definition) is 0. The number of Topliss-reactive ketones (excluding diaryl/α,β-unsaturated/α-hetero) is 1. The Morgan fingerprint density at radius 1 is 1.22 bits per heavy atom. The summed E-state index contributed by atoms with van der Waals surface area (Å²) in [7, 11) is 1.30. The fraction of sp³-hybridized carbons (Fsp3) is 0.458. The van der Waals surface area contributed by atoms with Gasteiger partial charge >= 0.3 is 5.97 Å². The van der Waals surface area contributed by atoms with Crippen LogP contribution in [-0.4, -0.2) is 60.0 Å². The molecule has 1 aromatic carbocycles. The molecule has 0 N–H and O–H groups in total. The van der Waals surface area contributed by atoms with Gasteiger partial charge in [0.05, 0.1) is 19.8 Å². The normalized spacial score (nSPS) is 15.6. The fourth-order valence-corrected chi connectivity index (χ4v) is 4.34. The number of methoxy groups -OCH3 is 1. The monoisotopic (exact) mass is 444 g/mol. The number of hydrogen-bond acceptors (Lipinski definition) is 5. The molecule has 0 aliphatic carbocycles. The first-order valence-electron chi connectivity index (χ1n) is 10.8. The number of nitrogens with zero attached hydrogens (tertiary/aromatic N) is 2. The Bertz CT molecular complexity index is 1010. The van der Waals surface area contributed by atoms with Crippen LogP contribution in [0.4, 0.5) is 4.39 Å². The van der Waals surface area contributed by atoms with Gasteiger partial charge in [-0.05, 0) is 63.4 Å². The molecule has 1 aliphatic heterocycles. The summed E-state index contributed by atoms with van der Waals surface area (Å²) in [6.45, 7) is 6.59. The highest BCUT2D eigenvalue weighted by Gasteiger charge is 2.30. The van der Waals surface area contributed by atoms with Gasteiger partial charge < -0.3 is 18.9 Å². The number of ether oxygens (including phenoxy) is 2. The molecule has 3 rings (SSSR count). The summed E-state index contributed by atoms with van der Waals surface area (Å²) >= 11 is 0. The summed E-state index contributed by atoms with van der Waals surface area (Å²) in [6, 6.07) is 5.25. The lowest BCUT2D eigenvalue weighted by molar-refractivity contribution is 0.0506. The molecular formula is C24H29FN2O5. The van der Waals surface area contributed by atoms with E-state index in [1.165, 1.54) is 36.3 Å². The SMILES string of the molecule is CCn1c(C)c(C(=O)CN(CC2CCCO2)C(=O)c2ccc(F)cc2)c(C)c1C(=O)OC. The van der Waals surface area contributed by atoms with E-state index < -0.39 is 11.8 Å². The van der Waals surface area contributed by atoms with E-state index in [1.54, 1.807) is 18.4 Å². The Morgan fingerprint density at radius 2 is 1.91 bits per heavy atom. The van der Waals surface area contributed by atoms with Crippen molar-refractivity contribution < 1.29 is 28.2 Å². The Labute approximate surface area is 187 Å². The molecule has 1 atom stereocenters. The van der Waals surface area contributed by atoms with E-state index in [0.29, 0.717) is 41.2 Å². The Hall–Kier alpha value is -3.00. The number of rotatable bonds is 8. The molecule has 7 nitrogen and oxygen atoms in total. The van der Waals surface area contributed by atoms with Crippen molar-refractivity contribution in [2.75, 3.05) is 26.8 Å². The van der Waals surface area contributed by atoms with Crippen LogP contribution >= 0.6 is 0 Å². The molecule has 1 unspecified atom stereocenters. The maximum atomic E-state index is 13.4. The number of aromatic nitrogens is 1. The largest absolute Gasteiger partial charge is 0.464 e. The Kier molecular flexibility index (Phi) is 7.45. The molecule has 1 amide bonds. The van der Waals surface area contributed by atoms with E-state index in [-0.39, 0.29) is 30.9 Å². The van der Waals surface area contributed by atoms with Crippen LogP contribution in [-0.2, 0) is 16.0 Å². The van der Waals surface area contributed by atoms with Crippen LogP contribution in [0, 0.1) is 19.7 Å². The quantitative estimate of drug-likeness (QED) is 0.460. The van der Waals surface area contributed by atoms with Gasteiger partial charge in [-0.2, -0.15) is 0 Å². The van der Waals surface area contributed by atoms with Crippen molar-refractivity contribution >= 4 is 17.7 Å². The first-order valence-corrected chi connectivity index (χ1v) is 10.8. The third kappa shape index (κ3) is 4.75. The second-order valence-electron chi connectivity index (χ2n) is 7.92. The summed E-state index contributed by atoms with van der Waals surface area (Å²) in [5.41, 5.74) is 2.24. The molecule has 1 aromatic heterocycles. The number of halogens is 1. The van der Waals surface area contributed by atoms with E-state index in [1.807, 2.05) is 6.92 Å². The molecule has 8 heteroatoms. The van der Waals surface area contributed by atoms with Gasteiger partial charge in [0.2, 0.25) is 0 Å². The van der Waals surface area contributed by atoms with Crippen LogP contribution in [0.1, 0.15) is 62.2 Å².